The van der Waals surface area contributed by atoms with E-state index in [2.05, 4.69) is 5.32 Å². The number of anilines is 2. The Morgan fingerprint density at radius 1 is 1.22 bits per heavy atom. The molecular weight excluding hydrogens is 342 g/mol. The van der Waals surface area contributed by atoms with Crippen LogP contribution in [0.1, 0.15) is 42.3 Å². The lowest BCUT2D eigenvalue weighted by Gasteiger charge is -2.25. The van der Waals surface area contributed by atoms with E-state index in [1.807, 2.05) is 49.0 Å². The molecule has 1 aliphatic rings. The van der Waals surface area contributed by atoms with Gasteiger partial charge in [0.25, 0.3) is 5.91 Å². The van der Waals surface area contributed by atoms with Crippen LogP contribution in [0.4, 0.5) is 11.4 Å². The zero-order valence-electron chi connectivity index (χ0n) is 16.2. The molecule has 3 rings (SSSR count). The first kappa shape index (κ1) is 19.0. The molecule has 0 saturated heterocycles. The lowest BCUT2D eigenvalue weighted by molar-refractivity contribution is -0.115. The van der Waals surface area contributed by atoms with Gasteiger partial charge in [0.2, 0.25) is 5.91 Å². The van der Waals surface area contributed by atoms with Gasteiger partial charge in [-0.2, -0.15) is 0 Å². The Morgan fingerprint density at radius 3 is 2.59 bits per heavy atom. The zero-order chi connectivity index (χ0) is 19.4. The third kappa shape index (κ3) is 4.90. The summed E-state index contributed by atoms with van der Waals surface area (Å²) in [5.74, 6) is 0.798. The summed E-state index contributed by atoms with van der Waals surface area (Å²) < 4.78 is 5.33. The van der Waals surface area contributed by atoms with Gasteiger partial charge in [-0.1, -0.05) is 6.92 Å². The van der Waals surface area contributed by atoms with Gasteiger partial charge in [0.1, 0.15) is 0 Å². The molecule has 1 aromatic carbocycles. The van der Waals surface area contributed by atoms with Crippen molar-refractivity contribution in [2.45, 2.75) is 32.7 Å². The third-order valence-corrected chi connectivity index (χ3v) is 4.72. The van der Waals surface area contributed by atoms with Gasteiger partial charge < -0.3 is 19.5 Å². The van der Waals surface area contributed by atoms with Crippen molar-refractivity contribution in [3.05, 3.63) is 47.9 Å². The number of carbonyl (C=O) groups is 2. The molecule has 1 heterocycles. The minimum absolute atomic E-state index is 0.0277. The SMILES string of the molecule is CCC(=O)Nc1ccc(N(C)C)c(CN(CC2CC2)C(=O)c2ccco2)c1. The van der Waals surface area contributed by atoms with Gasteiger partial charge in [-0.3, -0.25) is 9.59 Å². The Morgan fingerprint density at radius 2 is 2.00 bits per heavy atom. The van der Waals surface area contributed by atoms with Crippen LogP contribution in [0.15, 0.2) is 41.0 Å². The number of benzene rings is 1. The Balaban J connectivity index is 1.87. The van der Waals surface area contributed by atoms with E-state index in [4.69, 9.17) is 4.42 Å². The molecule has 0 bridgehead atoms. The number of nitrogens with one attached hydrogen (secondary N) is 1. The molecule has 1 saturated carbocycles. The highest BCUT2D eigenvalue weighted by Gasteiger charge is 2.29. The van der Waals surface area contributed by atoms with E-state index in [0.717, 1.165) is 36.3 Å². The van der Waals surface area contributed by atoms with Crippen LogP contribution in [-0.4, -0.2) is 37.4 Å². The quantitative estimate of drug-likeness (QED) is 0.770. The van der Waals surface area contributed by atoms with Crippen molar-refractivity contribution >= 4 is 23.2 Å². The predicted octanol–water partition coefficient (Wildman–Crippen LogP) is 3.75. The van der Waals surface area contributed by atoms with Crippen LogP contribution in [0.2, 0.25) is 0 Å². The maximum atomic E-state index is 12.9. The summed E-state index contributed by atoms with van der Waals surface area (Å²) in [5.41, 5.74) is 2.77. The maximum Gasteiger partial charge on any atom is 0.289 e. The number of hydrogen-bond donors (Lipinski definition) is 1. The summed E-state index contributed by atoms with van der Waals surface area (Å²) in [6.07, 6.45) is 4.27. The molecule has 0 radical (unpaired) electrons. The third-order valence-electron chi connectivity index (χ3n) is 4.72. The van der Waals surface area contributed by atoms with Crippen LogP contribution in [-0.2, 0) is 11.3 Å². The molecular formula is C21H27N3O3. The molecule has 0 unspecified atom stereocenters. The highest BCUT2D eigenvalue weighted by Crippen LogP contribution is 2.32. The van der Waals surface area contributed by atoms with Crippen molar-refractivity contribution < 1.29 is 14.0 Å². The van der Waals surface area contributed by atoms with Gasteiger partial charge in [-0.05, 0) is 54.7 Å². The normalized spacial score (nSPS) is 13.3. The Labute approximate surface area is 160 Å². The summed E-state index contributed by atoms with van der Waals surface area (Å²) in [6.45, 7) is 3.02. The van der Waals surface area contributed by atoms with Crippen LogP contribution < -0.4 is 10.2 Å². The summed E-state index contributed by atoms with van der Waals surface area (Å²) in [4.78, 5) is 28.5. The van der Waals surface area contributed by atoms with Crippen LogP contribution in [0.25, 0.3) is 0 Å². The highest BCUT2D eigenvalue weighted by molar-refractivity contribution is 5.92. The Kier molecular flexibility index (Phi) is 5.84. The molecule has 6 nitrogen and oxygen atoms in total. The summed E-state index contributed by atoms with van der Waals surface area (Å²) in [7, 11) is 3.95. The van der Waals surface area contributed by atoms with Crippen molar-refractivity contribution in [2.75, 3.05) is 30.9 Å². The first-order chi connectivity index (χ1) is 13.0. The van der Waals surface area contributed by atoms with Gasteiger partial charge in [-0.25, -0.2) is 0 Å². The zero-order valence-corrected chi connectivity index (χ0v) is 16.2. The molecule has 2 amide bonds. The van der Waals surface area contributed by atoms with Gasteiger partial charge >= 0.3 is 0 Å². The molecule has 1 fully saturated rings. The molecule has 144 valence electrons. The summed E-state index contributed by atoms with van der Waals surface area (Å²) in [5, 5.41) is 2.90. The van der Waals surface area contributed by atoms with Crippen LogP contribution >= 0.6 is 0 Å². The Hall–Kier alpha value is -2.76. The van der Waals surface area contributed by atoms with Crippen molar-refractivity contribution in [1.29, 1.82) is 0 Å². The van der Waals surface area contributed by atoms with Crippen molar-refractivity contribution in [3.63, 3.8) is 0 Å². The van der Waals surface area contributed by atoms with E-state index < -0.39 is 0 Å². The monoisotopic (exact) mass is 369 g/mol. The number of hydrogen-bond acceptors (Lipinski definition) is 4. The highest BCUT2D eigenvalue weighted by atomic mass is 16.3. The molecule has 1 aromatic heterocycles. The van der Waals surface area contributed by atoms with Crippen LogP contribution in [0.5, 0.6) is 0 Å². The van der Waals surface area contributed by atoms with Crippen LogP contribution in [0.3, 0.4) is 0 Å². The first-order valence-corrected chi connectivity index (χ1v) is 9.40. The second kappa shape index (κ2) is 8.29. The summed E-state index contributed by atoms with van der Waals surface area (Å²) >= 11 is 0. The number of furan rings is 1. The molecule has 0 atom stereocenters. The molecule has 27 heavy (non-hydrogen) atoms. The van der Waals surface area contributed by atoms with Gasteiger partial charge in [-0.15, -0.1) is 0 Å². The first-order valence-electron chi connectivity index (χ1n) is 9.40. The average molecular weight is 369 g/mol. The van der Waals surface area contributed by atoms with E-state index >= 15 is 0 Å². The topological polar surface area (TPSA) is 65.8 Å². The largest absolute Gasteiger partial charge is 0.459 e. The fourth-order valence-corrected chi connectivity index (χ4v) is 3.07. The molecule has 1 aliphatic carbocycles. The molecule has 1 N–H and O–H groups in total. The second-order valence-electron chi connectivity index (χ2n) is 7.25. The minimum atomic E-state index is -0.0976. The van der Waals surface area contributed by atoms with E-state index in [9.17, 15) is 9.59 Å². The number of carbonyl (C=O) groups excluding carboxylic acids is 2. The van der Waals surface area contributed by atoms with Gasteiger partial charge in [0.15, 0.2) is 5.76 Å². The smallest absolute Gasteiger partial charge is 0.289 e. The Bertz CT molecular complexity index is 795. The van der Waals surface area contributed by atoms with Crippen molar-refractivity contribution in [1.82, 2.24) is 4.90 Å². The lowest BCUT2D eigenvalue weighted by atomic mass is 10.1. The summed E-state index contributed by atoms with van der Waals surface area (Å²) in [6, 6.07) is 9.26. The molecule has 0 spiro atoms. The molecule has 6 heteroatoms. The van der Waals surface area contributed by atoms with E-state index in [-0.39, 0.29) is 11.8 Å². The van der Waals surface area contributed by atoms with E-state index in [1.165, 1.54) is 6.26 Å². The number of rotatable bonds is 8. The van der Waals surface area contributed by atoms with Crippen molar-refractivity contribution in [2.24, 2.45) is 5.92 Å². The predicted molar refractivity (Wildman–Crippen MR) is 106 cm³/mol. The molecule has 2 aromatic rings. The lowest BCUT2D eigenvalue weighted by Crippen LogP contribution is -2.33. The molecule has 0 aliphatic heterocycles. The minimum Gasteiger partial charge on any atom is -0.459 e. The van der Waals surface area contributed by atoms with Gasteiger partial charge in [0, 0.05) is 45.0 Å². The fraction of sp³-hybridized carbons (Fsp3) is 0.429. The van der Waals surface area contributed by atoms with Crippen LogP contribution in [0, 0.1) is 5.92 Å². The average Bonchev–Trinajstić information content (AvgIpc) is 3.29. The van der Waals surface area contributed by atoms with Gasteiger partial charge in [0.05, 0.1) is 6.26 Å². The second-order valence-corrected chi connectivity index (χ2v) is 7.25. The number of amides is 2. The van der Waals surface area contributed by atoms with E-state index in [0.29, 0.717) is 24.6 Å². The maximum absolute atomic E-state index is 12.9. The van der Waals surface area contributed by atoms with Crippen molar-refractivity contribution in [3.8, 4) is 0 Å². The van der Waals surface area contributed by atoms with E-state index in [1.54, 1.807) is 12.1 Å². The standard InChI is InChI=1S/C21H27N3O3/c1-4-20(25)22-17-9-10-18(23(2)3)16(12-17)14-24(13-15-7-8-15)21(26)19-6-5-11-27-19/h5-6,9-12,15H,4,7-8,13-14H2,1-3H3,(H,22,25). The number of nitrogens with zero attached hydrogens (tertiary/aromatic N) is 2. The fourth-order valence-electron chi connectivity index (χ4n) is 3.07.